The topological polar surface area (TPSA) is 56.6 Å². The summed E-state index contributed by atoms with van der Waals surface area (Å²) in [6, 6.07) is 21.9. The van der Waals surface area contributed by atoms with E-state index in [2.05, 4.69) is 36.6 Å². The van der Waals surface area contributed by atoms with Crippen molar-refractivity contribution in [2.24, 2.45) is 0 Å². The molecule has 0 spiro atoms. The molecule has 1 amide bonds. The van der Waals surface area contributed by atoms with Crippen LogP contribution in [0.25, 0.3) is 11.0 Å². The maximum atomic E-state index is 13.0. The molecule has 6 nitrogen and oxygen atoms in total. The second-order valence-electron chi connectivity index (χ2n) is 8.81. The summed E-state index contributed by atoms with van der Waals surface area (Å²) in [5, 5.41) is 0. The number of fused-ring (bicyclic) bond motifs is 1. The number of aromatic nitrogens is 2. The van der Waals surface area contributed by atoms with Gasteiger partial charge in [0.25, 0.3) is 0 Å². The molecule has 5 rings (SSSR count). The van der Waals surface area contributed by atoms with Crippen LogP contribution in [0.5, 0.6) is 11.5 Å². The van der Waals surface area contributed by atoms with E-state index in [0.29, 0.717) is 26.1 Å². The fraction of sp³-hybridized carbons (Fsp3) is 0.286. The van der Waals surface area contributed by atoms with Gasteiger partial charge in [-0.15, -0.1) is 0 Å². The minimum Gasteiger partial charge on any atom is -0.497 e. The molecule has 1 saturated heterocycles. The van der Waals surface area contributed by atoms with Crippen molar-refractivity contribution >= 4 is 22.6 Å². The fourth-order valence-corrected chi connectivity index (χ4v) is 4.61. The normalized spacial score (nSPS) is 15.8. The van der Waals surface area contributed by atoms with Crippen LogP contribution in [0.3, 0.4) is 0 Å². The molecule has 4 aromatic rings. The van der Waals surface area contributed by atoms with Gasteiger partial charge in [0.05, 0.1) is 24.7 Å². The minimum atomic E-state index is 0.00715. The molecule has 0 N–H and O–H groups in total. The lowest BCUT2D eigenvalue weighted by molar-refractivity contribution is -0.117. The van der Waals surface area contributed by atoms with Gasteiger partial charge in [0.1, 0.15) is 23.9 Å². The summed E-state index contributed by atoms with van der Waals surface area (Å²) in [6.45, 7) is 5.96. The third-order valence-corrected chi connectivity index (χ3v) is 6.60. The number of anilines is 1. The smallest absolute Gasteiger partial charge is 0.227 e. The van der Waals surface area contributed by atoms with Crippen molar-refractivity contribution in [2.45, 2.75) is 32.7 Å². The van der Waals surface area contributed by atoms with Crippen molar-refractivity contribution in [3.8, 4) is 11.5 Å². The van der Waals surface area contributed by atoms with Crippen molar-refractivity contribution in [1.29, 1.82) is 0 Å². The Kier molecular flexibility index (Phi) is 5.97. The quantitative estimate of drug-likeness (QED) is 0.381. The largest absolute Gasteiger partial charge is 0.497 e. The number of amides is 1. The molecule has 174 valence electrons. The number of benzene rings is 3. The van der Waals surface area contributed by atoms with E-state index in [4.69, 9.17) is 14.5 Å². The van der Waals surface area contributed by atoms with Crippen LogP contribution in [-0.4, -0.2) is 35.7 Å². The Bertz CT molecular complexity index is 1340. The average Bonchev–Trinajstić information content (AvgIpc) is 3.42. The van der Waals surface area contributed by atoms with Crippen LogP contribution in [0.2, 0.25) is 0 Å². The molecule has 0 unspecified atom stereocenters. The molecule has 1 aliphatic heterocycles. The Labute approximate surface area is 199 Å². The summed E-state index contributed by atoms with van der Waals surface area (Å²) in [5.74, 6) is 2.65. The molecule has 0 aliphatic carbocycles. The minimum absolute atomic E-state index is 0.00715. The molecule has 1 aromatic heterocycles. The van der Waals surface area contributed by atoms with Gasteiger partial charge in [0.15, 0.2) is 0 Å². The molecule has 6 heteroatoms. The van der Waals surface area contributed by atoms with Gasteiger partial charge in [-0.05, 0) is 61.4 Å². The van der Waals surface area contributed by atoms with E-state index in [1.165, 1.54) is 11.1 Å². The predicted molar refractivity (Wildman–Crippen MR) is 134 cm³/mol. The van der Waals surface area contributed by atoms with Crippen molar-refractivity contribution in [3.05, 3.63) is 83.7 Å². The van der Waals surface area contributed by atoms with Gasteiger partial charge in [0, 0.05) is 30.6 Å². The Hall–Kier alpha value is -3.80. The second kappa shape index (κ2) is 9.21. The Morgan fingerprint density at radius 1 is 0.971 bits per heavy atom. The molecule has 1 fully saturated rings. The first-order valence-electron chi connectivity index (χ1n) is 11.6. The third kappa shape index (κ3) is 4.23. The highest BCUT2D eigenvalue weighted by atomic mass is 16.5. The van der Waals surface area contributed by atoms with Crippen LogP contribution < -0.4 is 14.4 Å². The number of aryl methyl sites for hydroxylation is 2. The summed E-state index contributed by atoms with van der Waals surface area (Å²) in [6.07, 6.45) is 0.429. The molecule has 0 bridgehead atoms. The first-order chi connectivity index (χ1) is 16.5. The van der Waals surface area contributed by atoms with E-state index in [1.807, 2.05) is 53.4 Å². The lowest BCUT2D eigenvalue weighted by Gasteiger charge is -2.18. The SMILES string of the molecule is COc1cccc(N2C[C@@H](c3nc4ccccc4n3CCOc3ccc(C)c(C)c3)CC2=O)c1. The molecule has 0 saturated carbocycles. The maximum absolute atomic E-state index is 13.0. The van der Waals surface area contributed by atoms with Crippen molar-refractivity contribution in [1.82, 2.24) is 9.55 Å². The van der Waals surface area contributed by atoms with Crippen LogP contribution in [-0.2, 0) is 11.3 Å². The first kappa shape index (κ1) is 22.0. The van der Waals surface area contributed by atoms with E-state index in [-0.39, 0.29) is 11.8 Å². The average molecular weight is 456 g/mol. The zero-order valence-electron chi connectivity index (χ0n) is 19.8. The molecular weight excluding hydrogens is 426 g/mol. The highest BCUT2D eigenvalue weighted by Crippen LogP contribution is 2.34. The van der Waals surface area contributed by atoms with Crippen molar-refractivity contribution in [3.63, 3.8) is 0 Å². The zero-order chi connectivity index (χ0) is 23.7. The summed E-state index contributed by atoms with van der Waals surface area (Å²) in [4.78, 5) is 19.7. The number of methoxy groups -OCH3 is 1. The van der Waals surface area contributed by atoms with E-state index >= 15 is 0 Å². The van der Waals surface area contributed by atoms with Gasteiger partial charge in [-0.2, -0.15) is 0 Å². The van der Waals surface area contributed by atoms with Crippen LogP contribution in [0.1, 0.15) is 29.3 Å². The first-order valence-corrected chi connectivity index (χ1v) is 11.6. The van der Waals surface area contributed by atoms with Gasteiger partial charge in [0.2, 0.25) is 5.91 Å². The van der Waals surface area contributed by atoms with E-state index in [1.54, 1.807) is 7.11 Å². The maximum Gasteiger partial charge on any atom is 0.227 e. The molecule has 0 radical (unpaired) electrons. The monoisotopic (exact) mass is 455 g/mol. The number of para-hydroxylation sites is 2. The Morgan fingerprint density at radius 3 is 2.65 bits per heavy atom. The molecule has 3 aromatic carbocycles. The zero-order valence-corrected chi connectivity index (χ0v) is 19.8. The Morgan fingerprint density at radius 2 is 1.82 bits per heavy atom. The molecule has 1 aliphatic rings. The third-order valence-electron chi connectivity index (χ3n) is 6.60. The van der Waals surface area contributed by atoms with E-state index < -0.39 is 0 Å². The number of hydrogen-bond donors (Lipinski definition) is 0. The van der Waals surface area contributed by atoms with Crippen molar-refractivity contribution in [2.75, 3.05) is 25.2 Å². The number of carbonyl (C=O) groups excluding carboxylic acids is 1. The lowest BCUT2D eigenvalue weighted by Crippen LogP contribution is -2.24. The number of ether oxygens (including phenoxy) is 2. The number of rotatable bonds is 7. The second-order valence-corrected chi connectivity index (χ2v) is 8.81. The highest BCUT2D eigenvalue weighted by Gasteiger charge is 2.35. The van der Waals surface area contributed by atoms with E-state index in [0.717, 1.165) is 34.0 Å². The van der Waals surface area contributed by atoms with Gasteiger partial charge in [-0.25, -0.2) is 4.98 Å². The Balaban J connectivity index is 1.39. The van der Waals surface area contributed by atoms with Gasteiger partial charge in [-0.1, -0.05) is 24.3 Å². The van der Waals surface area contributed by atoms with Crippen LogP contribution in [0.4, 0.5) is 5.69 Å². The summed E-state index contributed by atoms with van der Waals surface area (Å²) in [7, 11) is 1.63. The van der Waals surface area contributed by atoms with Gasteiger partial charge < -0.3 is 18.9 Å². The highest BCUT2D eigenvalue weighted by molar-refractivity contribution is 5.96. The van der Waals surface area contributed by atoms with Gasteiger partial charge in [-0.3, -0.25) is 4.79 Å². The predicted octanol–water partition coefficient (Wildman–Crippen LogP) is 5.26. The van der Waals surface area contributed by atoms with Crippen molar-refractivity contribution < 1.29 is 14.3 Å². The van der Waals surface area contributed by atoms with Crippen LogP contribution >= 0.6 is 0 Å². The summed E-state index contributed by atoms with van der Waals surface area (Å²) >= 11 is 0. The van der Waals surface area contributed by atoms with Crippen LogP contribution in [0.15, 0.2) is 66.7 Å². The molecular formula is C28H29N3O3. The number of imidazole rings is 1. The summed E-state index contributed by atoms with van der Waals surface area (Å²) < 4.78 is 13.6. The molecule has 2 heterocycles. The molecule has 1 atom stereocenters. The molecule has 34 heavy (non-hydrogen) atoms. The number of carbonyl (C=O) groups is 1. The van der Waals surface area contributed by atoms with Crippen LogP contribution in [0, 0.1) is 13.8 Å². The summed E-state index contributed by atoms with van der Waals surface area (Å²) in [5.41, 5.74) is 5.33. The van der Waals surface area contributed by atoms with Gasteiger partial charge >= 0.3 is 0 Å². The standard InChI is InChI=1S/C28H29N3O3/c1-19-11-12-24(15-20(19)2)34-14-13-30-26-10-5-4-9-25(26)29-28(30)21-16-27(32)31(18-21)22-7-6-8-23(17-22)33-3/h4-12,15,17,21H,13-14,16,18H2,1-3H3/t21-/m0/s1. The fourth-order valence-electron chi connectivity index (χ4n) is 4.61. The number of nitrogens with zero attached hydrogens (tertiary/aromatic N) is 3. The lowest BCUT2D eigenvalue weighted by atomic mass is 10.1. The number of hydrogen-bond acceptors (Lipinski definition) is 4. The van der Waals surface area contributed by atoms with E-state index in [9.17, 15) is 4.79 Å².